The largest absolute Gasteiger partial charge is 0.494 e. The molecular formula is C25H26N4O4. The number of ether oxygens (including phenoxy) is 1. The number of fused-ring (bicyclic) bond motifs is 1. The van der Waals surface area contributed by atoms with Crippen LogP contribution in [-0.4, -0.2) is 45.6 Å². The van der Waals surface area contributed by atoms with E-state index in [-0.39, 0.29) is 11.8 Å². The highest BCUT2D eigenvalue weighted by molar-refractivity contribution is 5.76. The van der Waals surface area contributed by atoms with Crippen LogP contribution in [0.25, 0.3) is 22.5 Å². The summed E-state index contributed by atoms with van der Waals surface area (Å²) in [6.07, 6.45) is 2.63. The summed E-state index contributed by atoms with van der Waals surface area (Å²) in [7, 11) is 0. The van der Waals surface area contributed by atoms with Gasteiger partial charge in [-0.1, -0.05) is 17.3 Å². The molecule has 1 aliphatic rings. The van der Waals surface area contributed by atoms with E-state index in [1.54, 1.807) is 0 Å². The lowest BCUT2D eigenvalue weighted by Gasteiger charge is -2.31. The first-order chi connectivity index (χ1) is 16.2. The van der Waals surface area contributed by atoms with Gasteiger partial charge in [-0.15, -0.1) is 0 Å². The van der Waals surface area contributed by atoms with E-state index in [1.807, 2.05) is 60.4 Å². The second kappa shape index (κ2) is 9.44. The zero-order chi connectivity index (χ0) is 22.6. The normalized spacial score (nSPS) is 16.3. The van der Waals surface area contributed by atoms with Crippen molar-refractivity contribution in [2.45, 2.75) is 38.5 Å². The van der Waals surface area contributed by atoms with Gasteiger partial charge in [-0.3, -0.25) is 4.79 Å². The molecule has 1 fully saturated rings. The Morgan fingerprint density at radius 1 is 1.15 bits per heavy atom. The second-order valence-electron chi connectivity index (χ2n) is 8.17. The second-order valence-corrected chi connectivity index (χ2v) is 8.17. The molecule has 2 aromatic heterocycles. The van der Waals surface area contributed by atoms with E-state index in [9.17, 15) is 4.79 Å². The van der Waals surface area contributed by atoms with Crippen molar-refractivity contribution in [3.8, 4) is 17.1 Å². The van der Waals surface area contributed by atoms with Gasteiger partial charge in [0.1, 0.15) is 11.3 Å². The van der Waals surface area contributed by atoms with Gasteiger partial charge in [-0.05, 0) is 56.2 Å². The number of amides is 1. The van der Waals surface area contributed by atoms with Crippen molar-refractivity contribution in [2.75, 3.05) is 19.7 Å². The summed E-state index contributed by atoms with van der Waals surface area (Å²) < 4.78 is 16.8. The zero-order valence-electron chi connectivity index (χ0n) is 18.6. The van der Waals surface area contributed by atoms with Crippen LogP contribution in [0.3, 0.4) is 0 Å². The lowest BCUT2D eigenvalue weighted by molar-refractivity contribution is -0.132. The van der Waals surface area contributed by atoms with Crippen molar-refractivity contribution >= 4 is 17.0 Å². The Labute approximate surface area is 191 Å². The van der Waals surface area contributed by atoms with Gasteiger partial charge in [0, 0.05) is 31.5 Å². The van der Waals surface area contributed by atoms with Gasteiger partial charge in [-0.2, -0.15) is 4.98 Å². The van der Waals surface area contributed by atoms with E-state index in [4.69, 9.17) is 13.7 Å². The first kappa shape index (κ1) is 21.2. The van der Waals surface area contributed by atoms with E-state index in [1.165, 1.54) is 0 Å². The predicted molar refractivity (Wildman–Crippen MR) is 122 cm³/mol. The highest BCUT2D eigenvalue weighted by Gasteiger charge is 2.28. The van der Waals surface area contributed by atoms with Crippen LogP contribution >= 0.6 is 0 Å². The van der Waals surface area contributed by atoms with Gasteiger partial charge in [0.2, 0.25) is 17.6 Å². The molecule has 8 heteroatoms. The van der Waals surface area contributed by atoms with Crippen LogP contribution in [0.4, 0.5) is 0 Å². The highest BCUT2D eigenvalue weighted by atomic mass is 16.5. The smallest absolute Gasteiger partial charge is 0.227 e. The third-order valence-electron chi connectivity index (χ3n) is 5.88. The summed E-state index contributed by atoms with van der Waals surface area (Å²) in [6, 6.07) is 15.3. The van der Waals surface area contributed by atoms with Crippen molar-refractivity contribution < 1.29 is 18.5 Å². The molecular weight excluding hydrogens is 420 g/mol. The van der Waals surface area contributed by atoms with E-state index in [0.717, 1.165) is 41.8 Å². The standard InChI is InChI=1S/C25H26N4O4/c1-2-31-19-11-9-17(10-12-19)24-27-22(33-28-24)13-14-23(30)29-15-5-6-18(16-29)25-26-20-7-3-4-8-21(20)32-25/h3-4,7-12,18H,2,5-6,13-16H2,1H3. The number of para-hydroxylation sites is 2. The number of piperidine rings is 1. The Morgan fingerprint density at radius 3 is 2.82 bits per heavy atom. The minimum atomic E-state index is 0.0802. The highest BCUT2D eigenvalue weighted by Crippen LogP contribution is 2.29. The maximum absolute atomic E-state index is 12.9. The summed E-state index contributed by atoms with van der Waals surface area (Å²) >= 11 is 0. The average molecular weight is 447 g/mol. The lowest BCUT2D eigenvalue weighted by atomic mass is 9.97. The van der Waals surface area contributed by atoms with Gasteiger partial charge in [0.25, 0.3) is 0 Å². The Bertz CT molecular complexity index is 1200. The first-order valence-corrected chi connectivity index (χ1v) is 11.4. The molecule has 1 amide bonds. The molecule has 5 rings (SSSR count). The van der Waals surface area contributed by atoms with Gasteiger partial charge >= 0.3 is 0 Å². The number of benzene rings is 2. The molecule has 1 saturated heterocycles. The van der Waals surface area contributed by atoms with Crippen LogP contribution in [-0.2, 0) is 11.2 Å². The third-order valence-corrected chi connectivity index (χ3v) is 5.88. The fraction of sp³-hybridized carbons (Fsp3) is 0.360. The van der Waals surface area contributed by atoms with Crippen LogP contribution in [0, 0.1) is 0 Å². The molecule has 33 heavy (non-hydrogen) atoms. The molecule has 0 saturated carbocycles. The molecule has 2 aromatic carbocycles. The summed E-state index contributed by atoms with van der Waals surface area (Å²) in [5, 5.41) is 4.05. The molecule has 0 radical (unpaired) electrons. The molecule has 1 unspecified atom stereocenters. The molecule has 4 aromatic rings. The van der Waals surface area contributed by atoms with Crippen molar-refractivity contribution in [3.05, 3.63) is 60.3 Å². The number of nitrogens with zero attached hydrogens (tertiary/aromatic N) is 4. The van der Waals surface area contributed by atoms with E-state index < -0.39 is 0 Å². The van der Waals surface area contributed by atoms with Crippen LogP contribution in [0.1, 0.15) is 43.9 Å². The van der Waals surface area contributed by atoms with Gasteiger partial charge in [0.05, 0.1) is 12.5 Å². The van der Waals surface area contributed by atoms with Crippen LogP contribution in [0.5, 0.6) is 5.75 Å². The summed E-state index contributed by atoms with van der Waals surface area (Å²) in [5.41, 5.74) is 2.49. The number of carbonyl (C=O) groups is 1. The number of likely N-dealkylation sites (tertiary alicyclic amines) is 1. The summed E-state index contributed by atoms with van der Waals surface area (Å²) in [4.78, 5) is 23.8. The topological polar surface area (TPSA) is 94.5 Å². The fourth-order valence-corrected chi connectivity index (χ4v) is 4.18. The minimum absolute atomic E-state index is 0.0802. The number of hydrogen-bond acceptors (Lipinski definition) is 7. The quantitative estimate of drug-likeness (QED) is 0.409. The number of hydrogen-bond donors (Lipinski definition) is 0. The first-order valence-electron chi connectivity index (χ1n) is 11.4. The van der Waals surface area contributed by atoms with E-state index >= 15 is 0 Å². The summed E-state index contributed by atoms with van der Waals surface area (Å²) in [5.74, 6) is 2.68. The molecule has 1 aliphatic heterocycles. The molecule has 8 nitrogen and oxygen atoms in total. The van der Waals surface area contributed by atoms with Gasteiger partial charge in [0.15, 0.2) is 11.5 Å². The van der Waals surface area contributed by atoms with Gasteiger partial charge < -0.3 is 18.6 Å². The number of aryl methyl sites for hydroxylation is 1. The average Bonchev–Trinajstić information content (AvgIpc) is 3.51. The van der Waals surface area contributed by atoms with Crippen molar-refractivity contribution in [1.82, 2.24) is 20.0 Å². The van der Waals surface area contributed by atoms with Crippen LogP contribution < -0.4 is 4.74 Å². The third kappa shape index (κ3) is 4.74. The minimum Gasteiger partial charge on any atom is -0.494 e. The number of carbonyl (C=O) groups excluding carboxylic acids is 1. The molecule has 0 aliphatic carbocycles. The maximum Gasteiger partial charge on any atom is 0.227 e. The Balaban J connectivity index is 1.18. The fourth-order valence-electron chi connectivity index (χ4n) is 4.18. The van der Waals surface area contributed by atoms with Crippen molar-refractivity contribution in [2.24, 2.45) is 0 Å². The molecule has 0 bridgehead atoms. The monoisotopic (exact) mass is 446 g/mol. The number of oxazole rings is 1. The molecule has 170 valence electrons. The maximum atomic E-state index is 12.9. The van der Waals surface area contributed by atoms with Crippen LogP contribution in [0.2, 0.25) is 0 Å². The predicted octanol–water partition coefficient (Wildman–Crippen LogP) is 4.62. The number of rotatable bonds is 7. The number of aromatic nitrogens is 3. The Kier molecular flexibility index (Phi) is 6.06. The lowest BCUT2D eigenvalue weighted by Crippen LogP contribution is -2.39. The summed E-state index contributed by atoms with van der Waals surface area (Å²) in [6.45, 7) is 3.93. The van der Waals surface area contributed by atoms with E-state index in [0.29, 0.717) is 43.6 Å². The van der Waals surface area contributed by atoms with Crippen LogP contribution in [0.15, 0.2) is 57.5 Å². The molecule has 1 atom stereocenters. The zero-order valence-corrected chi connectivity index (χ0v) is 18.6. The van der Waals surface area contributed by atoms with Crippen molar-refractivity contribution in [3.63, 3.8) is 0 Å². The molecule has 0 N–H and O–H groups in total. The SMILES string of the molecule is CCOc1ccc(-c2noc(CCC(=O)N3CCCC(c4nc5ccccc5o4)C3)n2)cc1. The van der Waals surface area contributed by atoms with E-state index in [2.05, 4.69) is 15.1 Å². The van der Waals surface area contributed by atoms with Crippen molar-refractivity contribution in [1.29, 1.82) is 0 Å². The molecule has 0 spiro atoms. The Hall–Kier alpha value is -3.68. The Morgan fingerprint density at radius 2 is 2.00 bits per heavy atom. The molecule has 3 heterocycles. The van der Waals surface area contributed by atoms with Gasteiger partial charge in [-0.25, -0.2) is 4.98 Å².